The van der Waals surface area contributed by atoms with Crippen LogP contribution < -0.4 is 20.3 Å². The maximum atomic E-state index is 13.4. The molecule has 1 amide bonds. The van der Waals surface area contributed by atoms with Gasteiger partial charge in [0.1, 0.15) is 29.0 Å². The Hall–Kier alpha value is -4.21. The number of hydrogen-bond donors (Lipinski definition) is 1. The Kier molecular flexibility index (Phi) is 6.63. The van der Waals surface area contributed by atoms with Crippen molar-refractivity contribution in [2.45, 2.75) is 13.1 Å². The molecule has 0 spiro atoms. The standard InChI is InChI=1S/C23H22FN5O4/c1-32-18-5-7-19(8-6-18)33-14-21(30)25-9-10-29-22-20(12-27-29)23(31)28(15-26-22)13-16-3-2-4-17(24)11-16/h2-8,11-12,15H,9-10,13-14H2,1H3,(H,25,30). The van der Waals surface area contributed by atoms with Gasteiger partial charge in [-0.3, -0.25) is 14.2 Å². The van der Waals surface area contributed by atoms with Gasteiger partial charge in [-0.15, -0.1) is 0 Å². The second kappa shape index (κ2) is 9.94. The van der Waals surface area contributed by atoms with E-state index in [9.17, 15) is 14.0 Å². The summed E-state index contributed by atoms with van der Waals surface area (Å²) < 4.78 is 26.9. The molecule has 10 heteroatoms. The molecule has 0 aliphatic carbocycles. The predicted octanol–water partition coefficient (Wildman–Crippen LogP) is 1.98. The topological polar surface area (TPSA) is 100 Å². The normalized spacial score (nSPS) is 10.8. The fourth-order valence-electron chi connectivity index (χ4n) is 3.28. The first-order valence-electron chi connectivity index (χ1n) is 10.2. The molecule has 0 bridgehead atoms. The Morgan fingerprint density at radius 2 is 1.94 bits per heavy atom. The Labute approximate surface area is 188 Å². The Bertz CT molecular complexity index is 1320. The molecule has 0 aliphatic heterocycles. The zero-order valence-corrected chi connectivity index (χ0v) is 17.9. The molecule has 0 saturated heterocycles. The number of halogens is 1. The van der Waals surface area contributed by atoms with E-state index in [0.717, 1.165) is 0 Å². The average Bonchev–Trinajstić information content (AvgIpc) is 3.23. The third-order valence-electron chi connectivity index (χ3n) is 4.94. The lowest BCUT2D eigenvalue weighted by Crippen LogP contribution is -2.31. The van der Waals surface area contributed by atoms with Gasteiger partial charge in [-0.05, 0) is 42.0 Å². The highest BCUT2D eigenvalue weighted by Gasteiger charge is 2.11. The second-order valence-corrected chi connectivity index (χ2v) is 7.23. The number of hydrogen-bond acceptors (Lipinski definition) is 6. The minimum atomic E-state index is -0.362. The fourth-order valence-corrected chi connectivity index (χ4v) is 3.28. The number of carbonyl (C=O) groups is 1. The number of ether oxygens (including phenoxy) is 2. The average molecular weight is 451 g/mol. The minimum absolute atomic E-state index is 0.130. The molecule has 0 saturated carbocycles. The van der Waals surface area contributed by atoms with Crippen molar-refractivity contribution in [1.29, 1.82) is 0 Å². The van der Waals surface area contributed by atoms with E-state index in [1.54, 1.807) is 48.2 Å². The molecule has 1 N–H and O–H groups in total. The zero-order chi connectivity index (χ0) is 23.2. The molecule has 2 aromatic carbocycles. The van der Waals surface area contributed by atoms with Crippen LogP contribution in [0.4, 0.5) is 4.39 Å². The van der Waals surface area contributed by atoms with E-state index in [0.29, 0.717) is 34.6 Å². The molecule has 4 aromatic rings. The number of benzene rings is 2. The van der Waals surface area contributed by atoms with Gasteiger partial charge in [-0.2, -0.15) is 5.10 Å². The van der Waals surface area contributed by atoms with Crippen LogP contribution in [0, 0.1) is 5.82 Å². The van der Waals surface area contributed by atoms with Gasteiger partial charge in [-0.25, -0.2) is 14.1 Å². The Morgan fingerprint density at radius 3 is 2.70 bits per heavy atom. The van der Waals surface area contributed by atoms with E-state index >= 15 is 0 Å². The second-order valence-electron chi connectivity index (χ2n) is 7.23. The first-order valence-corrected chi connectivity index (χ1v) is 10.2. The molecular formula is C23H22FN5O4. The van der Waals surface area contributed by atoms with E-state index < -0.39 is 0 Å². The molecule has 170 valence electrons. The van der Waals surface area contributed by atoms with Crippen LogP contribution in [0.1, 0.15) is 5.56 Å². The molecule has 9 nitrogen and oxygen atoms in total. The molecule has 0 unspecified atom stereocenters. The summed E-state index contributed by atoms with van der Waals surface area (Å²) in [7, 11) is 1.57. The lowest BCUT2D eigenvalue weighted by atomic mass is 10.2. The van der Waals surface area contributed by atoms with Crippen molar-refractivity contribution in [2.75, 3.05) is 20.3 Å². The third kappa shape index (κ3) is 5.35. The molecule has 0 radical (unpaired) electrons. The molecule has 0 atom stereocenters. The van der Waals surface area contributed by atoms with Gasteiger partial charge in [0, 0.05) is 6.54 Å². The number of aromatic nitrogens is 4. The van der Waals surface area contributed by atoms with Crippen molar-refractivity contribution >= 4 is 16.9 Å². The highest BCUT2D eigenvalue weighted by atomic mass is 19.1. The minimum Gasteiger partial charge on any atom is -0.497 e. The molecular weight excluding hydrogens is 429 g/mol. The van der Waals surface area contributed by atoms with E-state index in [4.69, 9.17) is 9.47 Å². The Balaban J connectivity index is 1.32. The highest BCUT2D eigenvalue weighted by molar-refractivity contribution is 5.77. The number of rotatable bonds is 9. The maximum Gasteiger partial charge on any atom is 0.264 e. The SMILES string of the molecule is COc1ccc(OCC(=O)NCCn2ncc3c(=O)n(Cc4cccc(F)c4)cnc32)cc1. The summed E-state index contributed by atoms with van der Waals surface area (Å²) >= 11 is 0. The van der Waals surface area contributed by atoms with Crippen molar-refractivity contribution < 1.29 is 18.7 Å². The molecule has 2 heterocycles. The van der Waals surface area contributed by atoms with Gasteiger partial charge in [0.05, 0.1) is 26.4 Å². The number of fused-ring (bicyclic) bond motifs is 1. The summed E-state index contributed by atoms with van der Waals surface area (Å²) in [5.41, 5.74) is 0.803. The third-order valence-corrected chi connectivity index (χ3v) is 4.94. The van der Waals surface area contributed by atoms with Crippen LogP contribution in [-0.4, -0.2) is 45.5 Å². The summed E-state index contributed by atoms with van der Waals surface area (Å²) in [5, 5.41) is 7.31. The van der Waals surface area contributed by atoms with Gasteiger partial charge < -0.3 is 14.8 Å². The molecule has 4 rings (SSSR count). The maximum absolute atomic E-state index is 13.4. The van der Waals surface area contributed by atoms with Crippen molar-refractivity contribution in [3.63, 3.8) is 0 Å². The van der Waals surface area contributed by atoms with Crippen molar-refractivity contribution in [1.82, 2.24) is 24.6 Å². The van der Waals surface area contributed by atoms with E-state index in [-0.39, 0.29) is 37.0 Å². The van der Waals surface area contributed by atoms with Crippen LogP contribution in [0.3, 0.4) is 0 Å². The summed E-state index contributed by atoms with van der Waals surface area (Å²) in [6, 6.07) is 13.0. The van der Waals surface area contributed by atoms with E-state index in [2.05, 4.69) is 15.4 Å². The lowest BCUT2D eigenvalue weighted by molar-refractivity contribution is -0.123. The summed E-state index contributed by atoms with van der Waals surface area (Å²) in [6.45, 7) is 0.692. The van der Waals surface area contributed by atoms with Crippen molar-refractivity contribution in [3.8, 4) is 11.5 Å². The van der Waals surface area contributed by atoms with Gasteiger partial charge in [-0.1, -0.05) is 12.1 Å². The van der Waals surface area contributed by atoms with Gasteiger partial charge in [0.25, 0.3) is 11.5 Å². The van der Waals surface area contributed by atoms with Gasteiger partial charge in [0.2, 0.25) is 0 Å². The summed E-state index contributed by atoms with van der Waals surface area (Å²) in [4.78, 5) is 29.1. The van der Waals surface area contributed by atoms with Crippen LogP contribution in [0.15, 0.2) is 65.8 Å². The van der Waals surface area contributed by atoms with Crippen molar-refractivity contribution in [2.24, 2.45) is 0 Å². The molecule has 0 fully saturated rings. The molecule has 0 aliphatic rings. The van der Waals surface area contributed by atoms with E-state index in [1.807, 2.05) is 0 Å². The Morgan fingerprint density at radius 1 is 1.15 bits per heavy atom. The number of nitrogens with zero attached hydrogens (tertiary/aromatic N) is 4. The van der Waals surface area contributed by atoms with Crippen LogP contribution in [0.25, 0.3) is 11.0 Å². The van der Waals surface area contributed by atoms with Crippen LogP contribution in [0.5, 0.6) is 11.5 Å². The first kappa shape index (κ1) is 22.0. The number of amides is 1. The summed E-state index contributed by atoms with van der Waals surface area (Å²) in [5.74, 6) is 0.613. The first-order chi connectivity index (χ1) is 16.0. The molecule has 33 heavy (non-hydrogen) atoms. The fraction of sp³-hybridized carbons (Fsp3) is 0.217. The van der Waals surface area contributed by atoms with E-state index in [1.165, 1.54) is 29.2 Å². The van der Waals surface area contributed by atoms with Gasteiger partial charge >= 0.3 is 0 Å². The van der Waals surface area contributed by atoms with Crippen LogP contribution in [-0.2, 0) is 17.9 Å². The smallest absolute Gasteiger partial charge is 0.264 e. The van der Waals surface area contributed by atoms with Crippen molar-refractivity contribution in [3.05, 3.63) is 82.8 Å². The monoisotopic (exact) mass is 451 g/mol. The molecule has 2 aromatic heterocycles. The zero-order valence-electron chi connectivity index (χ0n) is 17.9. The van der Waals surface area contributed by atoms with Crippen LogP contribution in [0.2, 0.25) is 0 Å². The number of nitrogens with one attached hydrogen (secondary N) is 1. The number of carbonyl (C=O) groups excluding carboxylic acids is 1. The largest absolute Gasteiger partial charge is 0.497 e. The lowest BCUT2D eigenvalue weighted by Gasteiger charge is -2.09. The highest BCUT2D eigenvalue weighted by Crippen LogP contribution is 2.16. The number of methoxy groups -OCH3 is 1. The van der Waals surface area contributed by atoms with Gasteiger partial charge in [0.15, 0.2) is 12.3 Å². The predicted molar refractivity (Wildman–Crippen MR) is 119 cm³/mol. The summed E-state index contributed by atoms with van der Waals surface area (Å²) in [6.07, 6.45) is 2.86. The van der Waals surface area contributed by atoms with Crippen LogP contribution >= 0.6 is 0 Å². The quantitative estimate of drug-likeness (QED) is 0.418.